The highest BCUT2D eigenvalue weighted by atomic mass is 16.5. The highest BCUT2D eigenvalue weighted by Gasteiger charge is 2.17. The number of nitrogen functional groups attached to an aromatic ring is 1. The molecule has 2 aromatic heterocycles. The summed E-state index contributed by atoms with van der Waals surface area (Å²) in [4.78, 5) is 25.2. The van der Waals surface area contributed by atoms with Crippen LogP contribution in [0.1, 0.15) is 22.8 Å². The molecule has 1 aromatic carbocycles. The van der Waals surface area contributed by atoms with Crippen LogP contribution in [0.3, 0.4) is 0 Å². The van der Waals surface area contributed by atoms with Crippen LogP contribution in [0, 0.1) is 11.3 Å². The molecule has 0 amide bonds. The Hall–Kier alpha value is -4.19. The van der Waals surface area contributed by atoms with Crippen molar-refractivity contribution in [2.24, 2.45) is 0 Å². The third kappa shape index (κ3) is 5.20. The number of aromatic nitrogens is 3. The maximum absolute atomic E-state index is 12.3. The van der Waals surface area contributed by atoms with E-state index >= 15 is 0 Å². The zero-order valence-corrected chi connectivity index (χ0v) is 16.4. The van der Waals surface area contributed by atoms with Gasteiger partial charge in [0, 0.05) is 24.8 Å². The van der Waals surface area contributed by atoms with Crippen LogP contribution in [0.5, 0.6) is 0 Å². The molecule has 0 bridgehead atoms. The van der Waals surface area contributed by atoms with Gasteiger partial charge in [0.15, 0.2) is 0 Å². The lowest BCUT2D eigenvalue weighted by atomic mass is 10.1. The van der Waals surface area contributed by atoms with Crippen LogP contribution in [0.15, 0.2) is 48.8 Å². The summed E-state index contributed by atoms with van der Waals surface area (Å²) in [6, 6.07) is 12.4. The first-order valence-electron chi connectivity index (χ1n) is 9.34. The quantitative estimate of drug-likeness (QED) is 0.382. The number of carbonyl (C=O) groups excluding carboxylic acids is 1. The summed E-state index contributed by atoms with van der Waals surface area (Å²) in [5, 5.41) is 15.3. The molecule has 0 unspecified atom stereocenters. The summed E-state index contributed by atoms with van der Waals surface area (Å²) < 4.78 is 5.11. The van der Waals surface area contributed by atoms with Crippen molar-refractivity contribution in [1.29, 1.82) is 5.26 Å². The molecule has 0 atom stereocenters. The zero-order valence-electron chi connectivity index (χ0n) is 16.4. The third-order valence-corrected chi connectivity index (χ3v) is 4.07. The minimum Gasteiger partial charge on any atom is -0.462 e. The van der Waals surface area contributed by atoms with Crippen molar-refractivity contribution in [3.8, 4) is 17.3 Å². The number of nitrogens with two attached hydrogens (primary N) is 1. The van der Waals surface area contributed by atoms with E-state index in [1.165, 1.54) is 6.20 Å². The highest BCUT2D eigenvalue weighted by molar-refractivity contribution is 5.96. The molecule has 9 heteroatoms. The molecule has 3 aromatic rings. The fourth-order valence-corrected chi connectivity index (χ4v) is 2.62. The second kappa shape index (κ2) is 9.84. The lowest BCUT2D eigenvalue weighted by molar-refractivity contribution is 0.0526. The van der Waals surface area contributed by atoms with Crippen molar-refractivity contribution < 1.29 is 9.53 Å². The van der Waals surface area contributed by atoms with Crippen LogP contribution in [-0.4, -0.2) is 40.6 Å². The molecule has 9 nitrogen and oxygen atoms in total. The molecule has 152 valence electrons. The van der Waals surface area contributed by atoms with Gasteiger partial charge in [-0.1, -0.05) is 12.1 Å². The molecule has 0 fully saturated rings. The van der Waals surface area contributed by atoms with E-state index in [1.54, 1.807) is 49.5 Å². The average molecular weight is 403 g/mol. The molecule has 0 aliphatic rings. The molecule has 30 heavy (non-hydrogen) atoms. The predicted octanol–water partition coefficient (Wildman–Crippen LogP) is 2.69. The second-order valence-electron chi connectivity index (χ2n) is 6.20. The van der Waals surface area contributed by atoms with E-state index in [4.69, 9.17) is 15.7 Å². The smallest absolute Gasteiger partial charge is 0.341 e. The van der Waals surface area contributed by atoms with Crippen LogP contribution in [-0.2, 0) is 4.74 Å². The van der Waals surface area contributed by atoms with Gasteiger partial charge in [0.05, 0.1) is 35.8 Å². The summed E-state index contributed by atoms with van der Waals surface area (Å²) >= 11 is 0. The number of hydrogen-bond donors (Lipinski definition) is 3. The molecule has 4 N–H and O–H groups in total. The SMILES string of the molecule is CCOC(=O)c1cnc(NCCNc2ccc(N)cn2)nc1-c1ccc(C#N)cc1. The Balaban J connectivity index is 1.74. The van der Waals surface area contributed by atoms with E-state index < -0.39 is 5.97 Å². The van der Waals surface area contributed by atoms with Crippen LogP contribution in [0.25, 0.3) is 11.3 Å². The average Bonchev–Trinajstić information content (AvgIpc) is 2.78. The zero-order chi connectivity index (χ0) is 21.3. The minimum atomic E-state index is -0.500. The van der Waals surface area contributed by atoms with Gasteiger partial charge in [-0.2, -0.15) is 5.26 Å². The van der Waals surface area contributed by atoms with Crippen LogP contribution >= 0.6 is 0 Å². The second-order valence-corrected chi connectivity index (χ2v) is 6.20. The van der Waals surface area contributed by atoms with Gasteiger partial charge in [-0.25, -0.2) is 19.7 Å². The van der Waals surface area contributed by atoms with Gasteiger partial charge in [0.25, 0.3) is 0 Å². The number of rotatable bonds is 8. The first-order valence-corrected chi connectivity index (χ1v) is 9.34. The first-order chi connectivity index (χ1) is 14.6. The maximum Gasteiger partial charge on any atom is 0.341 e. The molecule has 2 heterocycles. The number of nitrogens with zero attached hydrogens (tertiary/aromatic N) is 4. The number of esters is 1. The summed E-state index contributed by atoms with van der Waals surface area (Å²) in [6.07, 6.45) is 3.02. The minimum absolute atomic E-state index is 0.247. The highest BCUT2D eigenvalue weighted by Crippen LogP contribution is 2.23. The molecule has 0 saturated carbocycles. The van der Waals surface area contributed by atoms with E-state index in [0.29, 0.717) is 47.4 Å². The Morgan fingerprint density at radius 2 is 1.87 bits per heavy atom. The number of anilines is 3. The van der Waals surface area contributed by atoms with Crippen molar-refractivity contribution in [3.05, 3.63) is 59.9 Å². The van der Waals surface area contributed by atoms with E-state index in [-0.39, 0.29) is 12.2 Å². The standard InChI is InChI=1S/C21H21N7O2/c1-2-30-20(29)17-13-27-21(25-10-9-24-18-8-7-16(23)12-26-18)28-19(17)15-5-3-14(11-22)4-6-15/h3-8,12-13H,2,9-10,23H2,1H3,(H,24,26)(H,25,27,28). The summed E-state index contributed by atoms with van der Waals surface area (Å²) in [7, 11) is 0. The Labute approximate surface area is 174 Å². The number of nitrogens with one attached hydrogen (secondary N) is 2. The molecule has 0 aliphatic heterocycles. The van der Waals surface area contributed by atoms with Crippen molar-refractivity contribution in [3.63, 3.8) is 0 Å². The predicted molar refractivity (Wildman–Crippen MR) is 114 cm³/mol. The molecule has 0 spiro atoms. The van der Waals surface area contributed by atoms with E-state index in [0.717, 1.165) is 0 Å². The number of ether oxygens (including phenoxy) is 1. The van der Waals surface area contributed by atoms with Gasteiger partial charge in [-0.15, -0.1) is 0 Å². The third-order valence-electron chi connectivity index (χ3n) is 4.07. The van der Waals surface area contributed by atoms with Crippen molar-refractivity contribution in [2.75, 3.05) is 36.1 Å². The Morgan fingerprint density at radius 1 is 1.10 bits per heavy atom. The van der Waals surface area contributed by atoms with E-state index in [9.17, 15) is 4.79 Å². The summed E-state index contributed by atoms with van der Waals surface area (Å²) in [5.74, 6) is 0.580. The van der Waals surface area contributed by atoms with Crippen molar-refractivity contribution in [2.45, 2.75) is 6.92 Å². The monoisotopic (exact) mass is 403 g/mol. The van der Waals surface area contributed by atoms with Crippen LogP contribution in [0.2, 0.25) is 0 Å². The van der Waals surface area contributed by atoms with Crippen LogP contribution in [0.4, 0.5) is 17.5 Å². The summed E-state index contributed by atoms with van der Waals surface area (Å²) in [5.41, 5.74) is 8.12. The van der Waals surface area contributed by atoms with Gasteiger partial charge in [-0.3, -0.25) is 0 Å². The normalized spacial score (nSPS) is 10.1. The van der Waals surface area contributed by atoms with Gasteiger partial charge < -0.3 is 21.1 Å². The van der Waals surface area contributed by atoms with E-state index in [2.05, 4.69) is 31.7 Å². The first kappa shape index (κ1) is 20.5. The fraction of sp³-hybridized carbons (Fsp3) is 0.190. The number of carbonyl (C=O) groups is 1. The van der Waals surface area contributed by atoms with Gasteiger partial charge >= 0.3 is 5.97 Å². The molecule has 0 aliphatic carbocycles. The topological polar surface area (TPSA) is 139 Å². The largest absolute Gasteiger partial charge is 0.462 e. The summed E-state index contributed by atoms with van der Waals surface area (Å²) in [6.45, 7) is 3.08. The molecule has 0 radical (unpaired) electrons. The lowest BCUT2D eigenvalue weighted by Gasteiger charge is -2.11. The molecular weight excluding hydrogens is 382 g/mol. The fourth-order valence-electron chi connectivity index (χ4n) is 2.62. The molecule has 0 saturated heterocycles. The van der Waals surface area contributed by atoms with Crippen LogP contribution < -0.4 is 16.4 Å². The molecular formula is C21H21N7O2. The van der Waals surface area contributed by atoms with Gasteiger partial charge in [0.2, 0.25) is 5.95 Å². The Kier molecular flexibility index (Phi) is 6.74. The number of pyridine rings is 1. The van der Waals surface area contributed by atoms with Gasteiger partial charge in [0.1, 0.15) is 11.4 Å². The van der Waals surface area contributed by atoms with Gasteiger partial charge in [-0.05, 0) is 31.2 Å². The van der Waals surface area contributed by atoms with E-state index in [1.807, 2.05) is 0 Å². The Morgan fingerprint density at radius 3 is 2.53 bits per heavy atom. The Bertz CT molecular complexity index is 1040. The number of hydrogen-bond acceptors (Lipinski definition) is 9. The number of benzene rings is 1. The van der Waals surface area contributed by atoms with Crippen molar-refractivity contribution >= 4 is 23.4 Å². The maximum atomic E-state index is 12.3. The lowest BCUT2D eigenvalue weighted by Crippen LogP contribution is -2.17. The van der Waals surface area contributed by atoms with Crippen molar-refractivity contribution in [1.82, 2.24) is 15.0 Å². The molecule has 3 rings (SSSR count). The number of nitriles is 1.